The summed E-state index contributed by atoms with van der Waals surface area (Å²) in [5.41, 5.74) is 1.10. The molecule has 0 bridgehead atoms. The molecule has 1 unspecified atom stereocenters. The van der Waals surface area contributed by atoms with Crippen LogP contribution in [0.15, 0.2) is 30.3 Å². The van der Waals surface area contributed by atoms with Crippen molar-refractivity contribution in [2.45, 2.75) is 39.8 Å². The largest absolute Gasteiger partial charge is 0.393 e. The van der Waals surface area contributed by atoms with Crippen LogP contribution in [-0.4, -0.2) is 42.2 Å². The first-order chi connectivity index (χ1) is 9.78. The van der Waals surface area contributed by atoms with Crippen molar-refractivity contribution in [3.05, 3.63) is 35.9 Å². The van der Waals surface area contributed by atoms with Crippen LogP contribution in [0.25, 0.3) is 0 Å². The van der Waals surface area contributed by atoms with E-state index in [2.05, 4.69) is 17.4 Å². The van der Waals surface area contributed by atoms with Crippen molar-refractivity contribution in [2.24, 2.45) is 5.41 Å². The van der Waals surface area contributed by atoms with Crippen LogP contribution in [0.2, 0.25) is 0 Å². The van der Waals surface area contributed by atoms with Crippen LogP contribution in [0, 0.1) is 5.41 Å². The lowest BCUT2D eigenvalue weighted by atomic mass is 9.87. The van der Waals surface area contributed by atoms with E-state index in [4.69, 9.17) is 0 Å². The third-order valence-electron chi connectivity index (χ3n) is 3.32. The molecule has 1 aromatic carbocycles. The van der Waals surface area contributed by atoms with Crippen LogP contribution in [0.4, 0.5) is 0 Å². The minimum Gasteiger partial charge on any atom is -0.393 e. The number of carbonyl (C=O) groups is 1. The molecule has 0 saturated carbocycles. The minimum atomic E-state index is -0.349. The number of hydrogen-bond donors (Lipinski definition) is 2. The molecule has 0 aromatic heterocycles. The standard InChI is InChI=1S/C17H28N2O2/c1-14(20)10-17(2,3)13-18-16(21)12-19(4)11-15-8-6-5-7-9-15/h5-9,14,20H,10-13H2,1-4H3,(H,18,21). The monoisotopic (exact) mass is 292 g/mol. The van der Waals surface area contributed by atoms with Crippen molar-refractivity contribution >= 4 is 5.91 Å². The second kappa shape index (κ2) is 8.15. The number of likely N-dealkylation sites (N-methyl/N-ethyl adjacent to an activating group) is 1. The van der Waals surface area contributed by atoms with E-state index < -0.39 is 0 Å². The number of aliphatic hydroxyl groups excluding tert-OH is 1. The van der Waals surface area contributed by atoms with Crippen molar-refractivity contribution in [1.29, 1.82) is 0 Å². The maximum atomic E-state index is 12.0. The van der Waals surface area contributed by atoms with Crippen molar-refractivity contribution in [1.82, 2.24) is 10.2 Å². The van der Waals surface area contributed by atoms with Gasteiger partial charge in [-0.3, -0.25) is 9.69 Å². The second-order valence-electron chi connectivity index (χ2n) is 6.65. The van der Waals surface area contributed by atoms with E-state index in [0.29, 0.717) is 19.5 Å². The molecule has 118 valence electrons. The number of hydrogen-bond acceptors (Lipinski definition) is 3. The summed E-state index contributed by atoms with van der Waals surface area (Å²) in [5, 5.41) is 12.4. The van der Waals surface area contributed by atoms with Gasteiger partial charge in [-0.05, 0) is 31.4 Å². The van der Waals surface area contributed by atoms with Gasteiger partial charge in [-0.1, -0.05) is 44.2 Å². The van der Waals surface area contributed by atoms with Crippen LogP contribution in [-0.2, 0) is 11.3 Å². The van der Waals surface area contributed by atoms with Crippen LogP contribution < -0.4 is 5.32 Å². The van der Waals surface area contributed by atoms with Gasteiger partial charge in [0, 0.05) is 13.1 Å². The molecule has 4 nitrogen and oxygen atoms in total. The maximum Gasteiger partial charge on any atom is 0.234 e. The second-order valence-corrected chi connectivity index (χ2v) is 6.65. The molecule has 1 rings (SSSR count). The number of amides is 1. The molecule has 1 aromatic rings. The number of nitrogens with zero attached hydrogens (tertiary/aromatic N) is 1. The first-order valence-electron chi connectivity index (χ1n) is 7.46. The van der Waals surface area contributed by atoms with Gasteiger partial charge in [0.25, 0.3) is 0 Å². The lowest BCUT2D eigenvalue weighted by Crippen LogP contribution is -2.40. The quantitative estimate of drug-likeness (QED) is 0.771. The molecule has 21 heavy (non-hydrogen) atoms. The first-order valence-corrected chi connectivity index (χ1v) is 7.46. The molecule has 0 aliphatic heterocycles. The fraction of sp³-hybridized carbons (Fsp3) is 0.588. The number of rotatable bonds is 8. The molecular weight excluding hydrogens is 264 g/mol. The summed E-state index contributed by atoms with van der Waals surface area (Å²) in [6.45, 7) is 7.58. The van der Waals surface area contributed by atoms with E-state index in [1.165, 1.54) is 5.56 Å². The number of nitrogens with one attached hydrogen (secondary N) is 1. The molecule has 0 spiro atoms. The van der Waals surface area contributed by atoms with Gasteiger partial charge in [0.05, 0.1) is 12.6 Å². The van der Waals surface area contributed by atoms with E-state index in [1.807, 2.05) is 44.0 Å². The predicted molar refractivity (Wildman–Crippen MR) is 85.9 cm³/mol. The number of carbonyl (C=O) groups excluding carboxylic acids is 1. The highest BCUT2D eigenvalue weighted by Gasteiger charge is 2.21. The van der Waals surface area contributed by atoms with E-state index >= 15 is 0 Å². The third kappa shape index (κ3) is 7.83. The SMILES string of the molecule is CC(O)CC(C)(C)CNC(=O)CN(C)Cc1ccccc1. The van der Waals surface area contributed by atoms with Gasteiger partial charge in [0.2, 0.25) is 5.91 Å². The van der Waals surface area contributed by atoms with Gasteiger partial charge >= 0.3 is 0 Å². The lowest BCUT2D eigenvalue weighted by molar-refractivity contribution is -0.122. The smallest absolute Gasteiger partial charge is 0.234 e. The molecule has 2 N–H and O–H groups in total. The topological polar surface area (TPSA) is 52.6 Å². The Morgan fingerprint density at radius 3 is 2.52 bits per heavy atom. The number of benzene rings is 1. The van der Waals surface area contributed by atoms with Crippen molar-refractivity contribution in [2.75, 3.05) is 20.1 Å². The van der Waals surface area contributed by atoms with Crippen molar-refractivity contribution < 1.29 is 9.90 Å². The highest BCUT2D eigenvalue weighted by Crippen LogP contribution is 2.20. The molecule has 4 heteroatoms. The molecule has 0 aliphatic carbocycles. The summed E-state index contributed by atoms with van der Waals surface area (Å²) in [6.07, 6.45) is 0.324. The fourth-order valence-corrected chi connectivity index (χ4v) is 2.46. The zero-order valence-electron chi connectivity index (χ0n) is 13.6. The molecule has 0 saturated heterocycles. The summed E-state index contributed by atoms with van der Waals surface area (Å²) < 4.78 is 0. The Kier molecular flexibility index (Phi) is 6.85. The van der Waals surface area contributed by atoms with E-state index in [-0.39, 0.29) is 17.4 Å². The molecular formula is C17H28N2O2. The minimum absolute atomic E-state index is 0.0205. The summed E-state index contributed by atoms with van der Waals surface area (Å²) >= 11 is 0. The predicted octanol–water partition coefficient (Wildman–Crippen LogP) is 2.03. The fourth-order valence-electron chi connectivity index (χ4n) is 2.46. The van der Waals surface area contributed by atoms with Crippen LogP contribution in [0.5, 0.6) is 0 Å². The number of aliphatic hydroxyl groups is 1. The Hall–Kier alpha value is -1.39. The zero-order chi connectivity index (χ0) is 15.9. The molecule has 0 radical (unpaired) electrons. The van der Waals surface area contributed by atoms with Gasteiger partial charge in [-0.15, -0.1) is 0 Å². The van der Waals surface area contributed by atoms with Gasteiger partial charge in [-0.25, -0.2) is 0 Å². The van der Waals surface area contributed by atoms with Crippen LogP contribution in [0.3, 0.4) is 0 Å². The molecule has 1 atom stereocenters. The van der Waals surface area contributed by atoms with Crippen LogP contribution >= 0.6 is 0 Å². The lowest BCUT2D eigenvalue weighted by Gasteiger charge is -2.27. The normalized spacial score (nSPS) is 13.2. The highest BCUT2D eigenvalue weighted by atomic mass is 16.3. The highest BCUT2D eigenvalue weighted by molar-refractivity contribution is 5.78. The van der Waals surface area contributed by atoms with Gasteiger partial charge in [0.1, 0.15) is 0 Å². The maximum absolute atomic E-state index is 12.0. The Balaban J connectivity index is 2.33. The van der Waals surface area contributed by atoms with Gasteiger partial charge in [-0.2, -0.15) is 0 Å². The third-order valence-corrected chi connectivity index (χ3v) is 3.32. The Bertz CT molecular complexity index is 430. The summed E-state index contributed by atoms with van der Waals surface area (Å²) in [4.78, 5) is 14.0. The van der Waals surface area contributed by atoms with Crippen molar-refractivity contribution in [3.63, 3.8) is 0 Å². The summed E-state index contributed by atoms with van der Waals surface area (Å²) in [6, 6.07) is 10.1. The average Bonchev–Trinajstić information content (AvgIpc) is 2.36. The Morgan fingerprint density at radius 2 is 1.95 bits per heavy atom. The molecule has 1 amide bonds. The molecule has 0 heterocycles. The van der Waals surface area contributed by atoms with E-state index in [1.54, 1.807) is 6.92 Å². The molecule has 0 aliphatic rings. The van der Waals surface area contributed by atoms with Crippen LogP contribution in [0.1, 0.15) is 32.8 Å². The first kappa shape index (κ1) is 17.7. The Morgan fingerprint density at radius 1 is 1.33 bits per heavy atom. The van der Waals surface area contributed by atoms with E-state index in [9.17, 15) is 9.90 Å². The average molecular weight is 292 g/mol. The molecule has 0 fully saturated rings. The van der Waals surface area contributed by atoms with E-state index in [0.717, 1.165) is 6.54 Å². The van der Waals surface area contributed by atoms with Crippen molar-refractivity contribution in [3.8, 4) is 0 Å². The van der Waals surface area contributed by atoms with Gasteiger partial charge in [0.15, 0.2) is 0 Å². The zero-order valence-corrected chi connectivity index (χ0v) is 13.6. The summed E-state index contributed by atoms with van der Waals surface area (Å²) in [7, 11) is 1.94. The van der Waals surface area contributed by atoms with Gasteiger partial charge < -0.3 is 10.4 Å². The Labute approximate surface area is 128 Å². The summed E-state index contributed by atoms with van der Waals surface area (Å²) in [5.74, 6) is 0.0205.